The van der Waals surface area contributed by atoms with Crippen molar-refractivity contribution in [3.8, 4) is 0 Å². The van der Waals surface area contributed by atoms with Crippen LogP contribution in [0.1, 0.15) is 5.82 Å². The van der Waals surface area contributed by atoms with Crippen molar-refractivity contribution < 1.29 is 4.74 Å². The molecule has 1 rings (SSSR count). The fourth-order valence-electron chi connectivity index (χ4n) is 0.420. The zero-order valence-corrected chi connectivity index (χ0v) is 6.37. The van der Waals surface area contributed by atoms with Gasteiger partial charge in [0.25, 0.3) is 0 Å². The van der Waals surface area contributed by atoms with Crippen LogP contribution in [0.3, 0.4) is 0 Å². The Bertz CT molecular complexity index is 190. The summed E-state index contributed by atoms with van der Waals surface area (Å²) in [5.74, 6) is 0.646. The van der Waals surface area contributed by atoms with Crippen molar-refractivity contribution in [1.82, 2.24) is 9.36 Å². The standard InChI is InChI=1S/C4H5ClN2OS/c1-8-2-3-6-4(5)9-7-3/h2H2,1H3. The number of aromatic nitrogens is 2. The Balaban J connectivity index is 2.61. The first-order chi connectivity index (χ1) is 4.33. The molecule has 0 aliphatic heterocycles. The molecule has 0 spiro atoms. The Labute approximate surface area is 61.8 Å². The summed E-state index contributed by atoms with van der Waals surface area (Å²) < 4.78 is 9.10. The highest BCUT2D eigenvalue weighted by molar-refractivity contribution is 7.10. The molecule has 0 saturated heterocycles. The molecule has 0 amide bonds. The van der Waals surface area contributed by atoms with Gasteiger partial charge in [0.15, 0.2) is 5.82 Å². The maximum Gasteiger partial charge on any atom is 0.203 e. The molecule has 0 unspecified atom stereocenters. The van der Waals surface area contributed by atoms with E-state index in [1.165, 1.54) is 11.5 Å². The van der Waals surface area contributed by atoms with E-state index in [0.717, 1.165) is 0 Å². The lowest BCUT2D eigenvalue weighted by molar-refractivity contribution is 0.179. The molecule has 1 heterocycles. The lowest BCUT2D eigenvalue weighted by Crippen LogP contribution is -1.88. The topological polar surface area (TPSA) is 35.0 Å². The van der Waals surface area contributed by atoms with E-state index in [0.29, 0.717) is 16.9 Å². The third kappa shape index (κ3) is 1.89. The third-order valence-corrected chi connectivity index (χ3v) is 1.55. The first kappa shape index (κ1) is 6.92. The number of hydrogen-bond acceptors (Lipinski definition) is 4. The molecule has 0 aliphatic rings. The molecule has 5 heteroatoms. The summed E-state index contributed by atoms with van der Waals surface area (Å²) in [5.41, 5.74) is 0. The minimum atomic E-state index is 0.434. The second kappa shape index (κ2) is 3.10. The molecular formula is C4H5ClN2OS. The highest BCUT2D eigenvalue weighted by atomic mass is 35.5. The Morgan fingerprint density at radius 1 is 1.78 bits per heavy atom. The Morgan fingerprint density at radius 3 is 3.00 bits per heavy atom. The summed E-state index contributed by atoms with van der Waals surface area (Å²) in [4.78, 5) is 3.85. The largest absolute Gasteiger partial charge is 0.377 e. The van der Waals surface area contributed by atoms with Crippen LogP contribution in [0.5, 0.6) is 0 Å². The van der Waals surface area contributed by atoms with Crippen molar-refractivity contribution in [1.29, 1.82) is 0 Å². The Kier molecular flexibility index (Phi) is 2.38. The van der Waals surface area contributed by atoms with Gasteiger partial charge in [-0.2, -0.15) is 4.37 Å². The second-order valence-electron chi connectivity index (χ2n) is 1.40. The molecule has 0 fully saturated rings. The molecule has 0 aromatic carbocycles. The number of rotatable bonds is 2. The Morgan fingerprint density at radius 2 is 2.56 bits per heavy atom. The lowest BCUT2D eigenvalue weighted by Gasteiger charge is -1.86. The predicted molar refractivity (Wildman–Crippen MR) is 35.6 cm³/mol. The molecule has 50 valence electrons. The third-order valence-electron chi connectivity index (χ3n) is 0.717. The van der Waals surface area contributed by atoms with E-state index < -0.39 is 0 Å². The van der Waals surface area contributed by atoms with E-state index in [9.17, 15) is 0 Å². The highest BCUT2D eigenvalue weighted by Gasteiger charge is 1.98. The SMILES string of the molecule is COCc1nsc(Cl)n1. The summed E-state index contributed by atoms with van der Waals surface area (Å²) in [5, 5.41) is 0. The van der Waals surface area contributed by atoms with E-state index in [-0.39, 0.29) is 0 Å². The number of nitrogens with zero attached hydrogens (tertiary/aromatic N) is 2. The average Bonchev–Trinajstić information content (AvgIpc) is 2.17. The van der Waals surface area contributed by atoms with Crippen LogP contribution in [0, 0.1) is 0 Å². The second-order valence-corrected chi connectivity index (χ2v) is 2.73. The van der Waals surface area contributed by atoms with Gasteiger partial charge in [0.2, 0.25) is 4.47 Å². The van der Waals surface area contributed by atoms with Gasteiger partial charge >= 0.3 is 0 Å². The molecule has 9 heavy (non-hydrogen) atoms. The molecule has 0 radical (unpaired) electrons. The van der Waals surface area contributed by atoms with Crippen LogP contribution in [0.15, 0.2) is 0 Å². The van der Waals surface area contributed by atoms with Gasteiger partial charge in [-0.3, -0.25) is 0 Å². The smallest absolute Gasteiger partial charge is 0.203 e. The average molecular weight is 165 g/mol. The van der Waals surface area contributed by atoms with Crippen LogP contribution in [0.2, 0.25) is 4.47 Å². The molecular weight excluding hydrogens is 160 g/mol. The van der Waals surface area contributed by atoms with Crippen LogP contribution in [0.4, 0.5) is 0 Å². The van der Waals surface area contributed by atoms with Crippen molar-refractivity contribution in [2.24, 2.45) is 0 Å². The number of hydrogen-bond donors (Lipinski definition) is 0. The van der Waals surface area contributed by atoms with Gasteiger partial charge in [0.05, 0.1) is 0 Å². The predicted octanol–water partition coefficient (Wildman–Crippen LogP) is 1.34. The fourth-order valence-corrected chi connectivity index (χ4v) is 1.04. The van der Waals surface area contributed by atoms with Gasteiger partial charge in [-0.1, -0.05) is 0 Å². The molecule has 1 aromatic heterocycles. The van der Waals surface area contributed by atoms with Gasteiger partial charge < -0.3 is 4.74 Å². The highest BCUT2D eigenvalue weighted by Crippen LogP contribution is 2.10. The Hall–Kier alpha value is -0.190. The van der Waals surface area contributed by atoms with Crippen LogP contribution in [0.25, 0.3) is 0 Å². The quantitative estimate of drug-likeness (QED) is 0.662. The molecule has 0 aliphatic carbocycles. The van der Waals surface area contributed by atoms with E-state index in [1.807, 2.05) is 0 Å². The molecule has 0 atom stereocenters. The minimum absolute atomic E-state index is 0.434. The molecule has 0 saturated carbocycles. The van der Waals surface area contributed by atoms with Crippen molar-refractivity contribution in [3.05, 3.63) is 10.3 Å². The summed E-state index contributed by atoms with van der Waals surface area (Å²) in [6.07, 6.45) is 0. The van der Waals surface area contributed by atoms with Gasteiger partial charge in [0.1, 0.15) is 6.61 Å². The number of methoxy groups -OCH3 is 1. The van der Waals surface area contributed by atoms with Gasteiger partial charge in [0, 0.05) is 7.11 Å². The summed E-state index contributed by atoms with van der Waals surface area (Å²) >= 11 is 6.65. The van der Waals surface area contributed by atoms with Crippen LogP contribution in [-0.2, 0) is 11.3 Å². The van der Waals surface area contributed by atoms with Crippen molar-refractivity contribution in [2.45, 2.75) is 6.61 Å². The zero-order chi connectivity index (χ0) is 6.69. The first-order valence-corrected chi connectivity index (χ1v) is 3.45. The molecule has 1 aromatic rings. The monoisotopic (exact) mass is 164 g/mol. The first-order valence-electron chi connectivity index (χ1n) is 2.30. The van der Waals surface area contributed by atoms with E-state index >= 15 is 0 Å². The van der Waals surface area contributed by atoms with Gasteiger partial charge in [-0.15, -0.1) is 0 Å². The number of ether oxygens (including phenoxy) is 1. The number of halogens is 1. The fraction of sp³-hybridized carbons (Fsp3) is 0.500. The van der Waals surface area contributed by atoms with Crippen LogP contribution in [-0.4, -0.2) is 16.5 Å². The summed E-state index contributed by atoms with van der Waals surface area (Å²) in [7, 11) is 1.59. The van der Waals surface area contributed by atoms with Crippen molar-refractivity contribution in [2.75, 3.05) is 7.11 Å². The van der Waals surface area contributed by atoms with E-state index in [1.54, 1.807) is 7.11 Å². The maximum absolute atomic E-state index is 5.49. The lowest BCUT2D eigenvalue weighted by atomic mass is 10.7. The van der Waals surface area contributed by atoms with E-state index in [4.69, 9.17) is 16.3 Å². The van der Waals surface area contributed by atoms with Crippen molar-refractivity contribution >= 4 is 23.1 Å². The molecule has 0 bridgehead atoms. The summed E-state index contributed by atoms with van der Waals surface area (Å²) in [6, 6.07) is 0. The van der Waals surface area contributed by atoms with E-state index in [2.05, 4.69) is 9.36 Å². The van der Waals surface area contributed by atoms with Gasteiger partial charge in [-0.25, -0.2) is 4.98 Å². The van der Waals surface area contributed by atoms with Crippen molar-refractivity contribution in [3.63, 3.8) is 0 Å². The van der Waals surface area contributed by atoms with Crippen LogP contribution >= 0.6 is 23.1 Å². The zero-order valence-electron chi connectivity index (χ0n) is 4.80. The van der Waals surface area contributed by atoms with Crippen LogP contribution < -0.4 is 0 Å². The minimum Gasteiger partial charge on any atom is -0.377 e. The van der Waals surface area contributed by atoms with Gasteiger partial charge in [-0.05, 0) is 23.1 Å². The normalized spacial score (nSPS) is 10.0. The molecule has 0 N–H and O–H groups in total. The summed E-state index contributed by atoms with van der Waals surface area (Å²) in [6.45, 7) is 0.434. The maximum atomic E-state index is 5.49. The molecule has 3 nitrogen and oxygen atoms in total.